The number of nitrogens with one attached hydrogen (secondary N) is 1. The third-order valence-electron chi connectivity index (χ3n) is 3.54. The summed E-state index contributed by atoms with van der Waals surface area (Å²) in [5, 5.41) is 3.07. The van der Waals surface area contributed by atoms with Gasteiger partial charge in [0.15, 0.2) is 0 Å². The summed E-state index contributed by atoms with van der Waals surface area (Å²) >= 11 is 12.0. The van der Waals surface area contributed by atoms with Gasteiger partial charge in [0.05, 0.1) is 16.3 Å². The van der Waals surface area contributed by atoms with Crippen LogP contribution in [0.4, 0.5) is 9.18 Å². The second-order valence-electron chi connectivity index (χ2n) is 7.44. The van der Waals surface area contributed by atoms with Crippen LogP contribution in [0.25, 0.3) is 11.3 Å². The van der Waals surface area contributed by atoms with E-state index in [9.17, 15) is 9.18 Å². The van der Waals surface area contributed by atoms with Crippen LogP contribution in [0.1, 0.15) is 40.2 Å². The molecule has 0 radical (unpaired) electrons. The Labute approximate surface area is 162 Å². The van der Waals surface area contributed by atoms with Crippen LogP contribution in [0.15, 0.2) is 30.3 Å². The summed E-state index contributed by atoms with van der Waals surface area (Å²) in [4.78, 5) is 16.4. The molecule has 0 aliphatic rings. The molecule has 0 bridgehead atoms. The van der Waals surface area contributed by atoms with Crippen LogP contribution in [0.3, 0.4) is 0 Å². The number of pyridine rings is 1. The Bertz CT molecular complexity index is 833. The van der Waals surface area contributed by atoms with Crippen LogP contribution in [-0.2, 0) is 10.3 Å². The number of hydrogen-bond acceptors (Lipinski definition) is 3. The molecule has 0 atom stereocenters. The lowest BCUT2D eigenvalue weighted by atomic mass is 9.94. The van der Waals surface area contributed by atoms with Gasteiger partial charge in [-0.1, -0.05) is 23.2 Å². The van der Waals surface area contributed by atoms with E-state index >= 15 is 0 Å². The van der Waals surface area contributed by atoms with Crippen LogP contribution in [-0.4, -0.2) is 16.7 Å². The molecule has 1 amide bonds. The van der Waals surface area contributed by atoms with E-state index in [1.165, 1.54) is 12.1 Å². The first-order valence-electron chi connectivity index (χ1n) is 8.02. The zero-order valence-corrected chi connectivity index (χ0v) is 16.8. The van der Waals surface area contributed by atoms with Crippen molar-refractivity contribution in [3.05, 3.63) is 51.9 Å². The van der Waals surface area contributed by atoms with Crippen molar-refractivity contribution in [2.24, 2.45) is 0 Å². The van der Waals surface area contributed by atoms with E-state index in [1.54, 1.807) is 39.0 Å². The normalized spacial score (nSPS) is 12.0. The molecule has 26 heavy (non-hydrogen) atoms. The maximum absolute atomic E-state index is 13.4. The Hall–Kier alpha value is -1.85. The highest BCUT2D eigenvalue weighted by Crippen LogP contribution is 2.30. The molecule has 4 nitrogen and oxygen atoms in total. The highest BCUT2D eigenvalue weighted by molar-refractivity contribution is 6.31. The van der Waals surface area contributed by atoms with Crippen LogP contribution in [0.2, 0.25) is 10.2 Å². The second kappa shape index (κ2) is 7.41. The third kappa shape index (κ3) is 5.32. The number of amides is 1. The van der Waals surface area contributed by atoms with Gasteiger partial charge in [-0.2, -0.15) is 0 Å². The summed E-state index contributed by atoms with van der Waals surface area (Å²) < 4.78 is 18.7. The fourth-order valence-corrected chi connectivity index (χ4v) is 2.68. The SMILES string of the molecule is CC(C)(C)OC(=O)NC(C)(C)c1cc(Cl)nc(-c2ccc(F)c(Cl)c2)c1. The Kier molecular flexibility index (Phi) is 5.83. The number of hydrogen-bond donors (Lipinski definition) is 1. The van der Waals surface area contributed by atoms with Gasteiger partial charge in [-0.05, 0) is 70.5 Å². The van der Waals surface area contributed by atoms with Gasteiger partial charge >= 0.3 is 6.09 Å². The highest BCUT2D eigenvalue weighted by Gasteiger charge is 2.27. The predicted octanol–water partition coefficient (Wildman–Crippen LogP) is 5.95. The quantitative estimate of drug-likeness (QED) is 0.649. The number of aromatic nitrogens is 1. The number of halogens is 3. The fourth-order valence-electron chi connectivity index (χ4n) is 2.29. The number of ether oxygens (including phenoxy) is 1. The van der Waals surface area contributed by atoms with Gasteiger partial charge in [-0.15, -0.1) is 0 Å². The van der Waals surface area contributed by atoms with E-state index in [1.807, 2.05) is 13.8 Å². The van der Waals surface area contributed by atoms with Crippen LogP contribution >= 0.6 is 23.2 Å². The van der Waals surface area contributed by atoms with Crippen LogP contribution in [0.5, 0.6) is 0 Å². The maximum Gasteiger partial charge on any atom is 0.408 e. The molecule has 0 spiro atoms. The molecule has 0 unspecified atom stereocenters. The lowest BCUT2D eigenvalue weighted by Gasteiger charge is -2.29. The van der Waals surface area contributed by atoms with Gasteiger partial charge in [0.1, 0.15) is 16.6 Å². The number of rotatable bonds is 3. The van der Waals surface area contributed by atoms with Gasteiger partial charge in [-0.25, -0.2) is 14.2 Å². The Morgan fingerprint density at radius 3 is 2.35 bits per heavy atom. The van der Waals surface area contributed by atoms with Crippen molar-refractivity contribution in [3.63, 3.8) is 0 Å². The summed E-state index contributed by atoms with van der Waals surface area (Å²) in [5.74, 6) is -0.510. The monoisotopic (exact) mass is 398 g/mol. The number of nitrogens with zero attached hydrogens (tertiary/aromatic N) is 1. The first-order valence-corrected chi connectivity index (χ1v) is 8.78. The summed E-state index contributed by atoms with van der Waals surface area (Å²) in [6.07, 6.45) is -0.540. The van der Waals surface area contributed by atoms with Crippen molar-refractivity contribution < 1.29 is 13.9 Å². The van der Waals surface area contributed by atoms with E-state index in [4.69, 9.17) is 27.9 Å². The van der Waals surface area contributed by atoms with Gasteiger partial charge < -0.3 is 10.1 Å². The summed E-state index contributed by atoms with van der Waals surface area (Å²) in [5.41, 5.74) is 0.486. The molecule has 0 saturated carbocycles. The first kappa shape index (κ1) is 20.5. The lowest BCUT2D eigenvalue weighted by Crippen LogP contribution is -2.43. The second-order valence-corrected chi connectivity index (χ2v) is 8.24. The molecule has 0 fully saturated rings. The van der Waals surface area contributed by atoms with E-state index in [2.05, 4.69) is 10.3 Å². The average molecular weight is 399 g/mol. The van der Waals surface area contributed by atoms with Crippen molar-refractivity contribution in [2.45, 2.75) is 45.8 Å². The molecular formula is C19H21Cl2FN2O2. The first-order chi connectivity index (χ1) is 11.9. The molecule has 0 aliphatic carbocycles. The van der Waals surface area contributed by atoms with E-state index in [-0.39, 0.29) is 10.2 Å². The lowest BCUT2D eigenvalue weighted by molar-refractivity contribution is 0.0470. The van der Waals surface area contributed by atoms with Crippen molar-refractivity contribution >= 4 is 29.3 Å². The molecule has 7 heteroatoms. The minimum atomic E-state index is -0.770. The van der Waals surface area contributed by atoms with Gasteiger partial charge in [0.25, 0.3) is 0 Å². The molecule has 1 heterocycles. The molecule has 0 saturated heterocycles. The molecule has 1 N–H and O–H groups in total. The average Bonchev–Trinajstić information content (AvgIpc) is 2.46. The van der Waals surface area contributed by atoms with Crippen molar-refractivity contribution in [2.75, 3.05) is 0 Å². The Balaban J connectivity index is 2.36. The van der Waals surface area contributed by atoms with E-state index in [0.717, 1.165) is 5.56 Å². The van der Waals surface area contributed by atoms with Crippen molar-refractivity contribution in [3.8, 4) is 11.3 Å². The molecular weight excluding hydrogens is 378 g/mol. The van der Waals surface area contributed by atoms with E-state index in [0.29, 0.717) is 11.3 Å². The molecule has 2 rings (SSSR count). The number of benzene rings is 1. The number of carbonyl (C=O) groups excluding carboxylic acids is 1. The Morgan fingerprint density at radius 1 is 1.12 bits per heavy atom. The maximum atomic E-state index is 13.4. The summed E-state index contributed by atoms with van der Waals surface area (Å²) in [6, 6.07) is 7.75. The number of alkyl carbamates (subject to hydrolysis) is 1. The van der Waals surface area contributed by atoms with Gasteiger partial charge in [0, 0.05) is 5.56 Å². The summed E-state index contributed by atoms with van der Waals surface area (Å²) in [6.45, 7) is 9.02. The van der Waals surface area contributed by atoms with Crippen LogP contribution < -0.4 is 5.32 Å². The smallest absolute Gasteiger partial charge is 0.408 e. The van der Waals surface area contributed by atoms with Crippen molar-refractivity contribution in [1.82, 2.24) is 10.3 Å². The zero-order chi connectivity index (χ0) is 19.7. The summed E-state index contributed by atoms with van der Waals surface area (Å²) in [7, 11) is 0. The zero-order valence-electron chi connectivity index (χ0n) is 15.3. The Morgan fingerprint density at radius 2 is 1.77 bits per heavy atom. The third-order valence-corrected chi connectivity index (χ3v) is 4.03. The molecule has 1 aromatic heterocycles. The largest absolute Gasteiger partial charge is 0.444 e. The molecule has 0 aliphatic heterocycles. The fraction of sp³-hybridized carbons (Fsp3) is 0.368. The predicted molar refractivity (Wildman–Crippen MR) is 102 cm³/mol. The number of carbonyl (C=O) groups is 1. The van der Waals surface area contributed by atoms with Gasteiger partial charge in [0.2, 0.25) is 0 Å². The standard InChI is InChI=1S/C19H21Cl2FN2O2/c1-18(2,3)26-17(25)24-19(4,5)12-9-15(23-16(21)10-12)11-6-7-14(22)13(20)8-11/h6-10H,1-5H3,(H,24,25). The van der Waals surface area contributed by atoms with Gasteiger partial charge in [-0.3, -0.25) is 0 Å². The minimum absolute atomic E-state index is 0.00281. The highest BCUT2D eigenvalue weighted by atomic mass is 35.5. The van der Waals surface area contributed by atoms with E-state index < -0.39 is 23.1 Å². The molecule has 140 valence electrons. The minimum Gasteiger partial charge on any atom is -0.444 e. The molecule has 1 aromatic carbocycles. The van der Waals surface area contributed by atoms with Crippen LogP contribution in [0, 0.1) is 5.82 Å². The van der Waals surface area contributed by atoms with Crippen molar-refractivity contribution in [1.29, 1.82) is 0 Å². The topological polar surface area (TPSA) is 51.2 Å². The molecule has 2 aromatic rings.